The summed E-state index contributed by atoms with van der Waals surface area (Å²) in [5, 5.41) is 4.86. The van der Waals surface area contributed by atoms with Crippen LogP contribution in [0.2, 0.25) is 0 Å². The summed E-state index contributed by atoms with van der Waals surface area (Å²) in [6, 6.07) is 19.3. The van der Waals surface area contributed by atoms with Crippen LogP contribution in [0.15, 0.2) is 60.8 Å². The van der Waals surface area contributed by atoms with E-state index in [1.807, 2.05) is 12.3 Å². The van der Waals surface area contributed by atoms with Crippen molar-refractivity contribution in [3.05, 3.63) is 71.9 Å². The van der Waals surface area contributed by atoms with Gasteiger partial charge >= 0.3 is 0 Å². The van der Waals surface area contributed by atoms with Crippen LogP contribution < -0.4 is 5.32 Å². The first-order valence-electron chi connectivity index (χ1n) is 7.45. The molecule has 0 radical (unpaired) electrons. The normalized spacial score (nSPS) is 12.3. The average Bonchev–Trinajstić information content (AvgIpc) is 2.55. The van der Waals surface area contributed by atoms with Crippen molar-refractivity contribution in [2.45, 2.75) is 26.3 Å². The minimum Gasteiger partial charge on any atom is -0.378 e. The number of aryl methyl sites for hydroxylation is 1. The standard InChI is InChI=1S/C19H20N2/c1-3-17(15-8-5-4-6-9-15)21-18-12-11-14(2)19-16(18)10-7-13-20-19/h4-13,17,21H,3H2,1-2H3. The van der Waals surface area contributed by atoms with Gasteiger partial charge in [0, 0.05) is 17.3 Å². The summed E-state index contributed by atoms with van der Waals surface area (Å²) in [7, 11) is 0. The molecule has 0 spiro atoms. The Morgan fingerprint density at radius 2 is 1.81 bits per heavy atom. The van der Waals surface area contributed by atoms with Crippen molar-refractivity contribution >= 4 is 16.6 Å². The first-order chi connectivity index (χ1) is 10.3. The van der Waals surface area contributed by atoms with Crippen molar-refractivity contribution in [1.82, 2.24) is 4.98 Å². The number of hydrogen-bond acceptors (Lipinski definition) is 2. The van der Waals surface area contributed by atoms with Gasteiger partial charge in [-0.25, -0.2) is 0 Å². The predicted molar refractivity (Wildman–Crippen MR) is 89.6 cm³/mol. The number of anilines is 1. The van der Waals surface area contributed by atoms with Gasteiger partial charge in [0.1, 0.15) is 0 Å². The number of pyridine rings is 1. The van der Waals surface area contributed by atoms with Crippen molar-refractivity contribution in [3.8, 4) is 0 Å². The van der Waals surface area contributed by atoms with Gasteiger partial charge in [0.15, 0.2) is 0 Å². The Bertz CT molecular complexity index is 735. The molecule has 2 nitrogen and oxygen atoms in total. The Kier molecular flexibility index (Phi) is 3.87. The summed E-state index contributed by atoms with van der Waals surface area (Å²) in [4.78, 5) is 4.51. The zero-order chi connectivity index (χ0) is 14.7. The van der Waals surface area contributed by atoms with Gasteiger partial charge in [-0.2, -0.15) is 0 Å². The number of nitrogens with one attached hydrogen (secondary N) is 1. The number of nitrogens with zero attached hydrogens (tertiary/aromatic N) is 1. The molecule has 0 aliphatic carbocycles. The molecule has 0 saturated carbocycles. The molecule has 0 amide bonds. The highest BCUT2D eigenvalue weighted by Crippen LogP contribution is 2.29. The van der Waals surface area contributed by atoms with Crippen molar-refractivity contribution < 1.29 is 0 Å². The molecule has 1 heterocycles. The van der Waals surface area contributed by atoms with Gasteiger partial charge in [0.05, 0.1) is 11.6 Å². The topological polar surface area (TPSA) is 24.9 Å². The van der Waals surface area contributed by atoms with Crippen LogP contribution in [0.1, 0.15) is 30.5 Å². The Balaban J connectivity index is 1.99. The lowest BCUT2D eigenvalue weighted by Gasteiger charge is -2.20. The molecule has 0 aliphatic rings. The van der Waals surface area contributed by atoms with Gasteiger partial charge in [-0.3, -0.25) is 4.98 Å². The van der Waals surface area contributed by atoms with E-state index in [9.17, 15) is 0 Å². The van der Waals surface area contributed by atoms with Crippen LogP contribution in [0.4, 0.5) is 5.69 Å². The Hall–Kier alpha value is -2.35. The lowest BCUT2D eigenvalue weighted by molar-refractivity contribution is 0.750. The van der Waals surface area contributed by atoms with E-state index in [-0.39, 0.29) is 0 Å². The average molecular weight is 276 g/mol. The van der Waals surface area contributed by atoms with E-state index >= 15 is 0 Å². The minimum absolute atomic E-state index is 0.317. The first-order valence-corrected chi connectivity index (χ1v) is 7.45. The molecule has 2 aromatic carbocycles. The maximum absolute atomic E-state index is 4.51. The van der Waals surface area contributed by atoms with Crippen LogP contribution in [0.3, 0.4) is 0 Å². The molecule has 1 unspecified atom stereocenters. The Labute approximate surface area is 125 Å². The van der Waals surface area contributed by atoms with Gasteiger partial charge in [-0.15, -0.1) is 0 Å². The third kappa shape index (κ3) is 2.75. The van der Waals surface area contributed by atoms with Crippen LogP contribution in [0, 0.1) is 6.92 Å². The number of hydrogen-bond donors (Lipinski definition) is 1. The van der Waals surface area contributed by atoms with Crippen molar-refractivity contribution in [2.75, 3.05) is 5.32 Å². The molecule has 0 aliphatic heterocycles. The summed E-state index contributed by atoms with van der Waals surface area (Å²) in [5.41, 5.74) is 4.76. The number of fused-ring (bicyclic) bond motifs is 1. The lowest BCUT2D eigenvalue weighted by atomic mass is 10.0. The van der Waals surface area contributed by atoms with Crippen molar-refractivity contribution in [1.29, 1.82) is 0 Å². The van der Waals surface area contributed by atoms with E-state index in [1.54, 1.807) is 0 Å². The van der Waals surface area contributed by atoms with Gasteiger partial charge < -0.3 is 5.32 Å². The van der Waals surface area contributed by atoms with E-state index < -0.39 is 0 Å². The lowest BCUT2D eigenvalue weighted by Crippen LogP contribution is -2.10. The van der Waals surface area contributed by atoms with Crippen molar-refractivity contribution in [3.63, 3.8) is 0 Å². The molecule has 106 valence electrons. The fourth-order valence-corrected chi connectivity index (χ4v) is 2.73. The van der Waals surface area contributed by atoms with Gasteiger partial charge in [-0.1, -0.05) is 43.3 Å². The predicted octanol–water partition coefficient (Wildman–Crippen LogP) is 5.11. The van der Waals surface area contributed by atoms with Crippen LogP contribution in [-0.4, -0.2) is 4.98 Å². The van der Waals surface area contributed by atoms with Crippen LogP contribution >= 0.6 is 0 Å². The molecule has 1 atom stereocenters. The van der Waals surface area contributed by atoms with E-state index in [2.05, 4.69) is 72.7 Å². The van der Waals surface area contributed by atoms with E-state index in [0.717, 1.165) is 17.6 Å². The highest BCUT2D eigenvalue weighted by Gasteiger charge is 2.11. The molecule has 21 heavy (non-hydrogen) atoms. The smallest absolute Gasteiger partial charge is 0.0751 e. The van der Waals surface area contributed by atoms with Crippen LogP contribution in [0.5, 0.6) is 0 Å². The quantitative estimate of drug-likeness (QED) is 0.716. The second kappa shape index (κ2) is 5.96. The van der Waals surface area contributed by atoms with E-state index in [0.29, 0.717) is 6.04 Å². The maximum Gasteiger partial charge on any atom is 0.0751 e. The fraction of sp³-hybridized carbons (Fsp3) is 0.211. The zero-order valence-electron chi connectivity index (χ0n) is 12.5. The molecule has 3 rings (SSSR count). The fourth-order valence-electron chi connectivity index (χ4n) is 2.73. The zero-order valence-corrected chi connectivity index (χ0v) is 12.5. The van der Waals surface area contributed by atoms with Gasteiger partial charge in [0.2, 0.25) is 0 Å². The van der Waals surface area contributed by atoms with Crippen LogP contribution in [-0.2, 0) is 0 Å². The van der Waals surface area contributed by atoms with E-state index in [4.69, 9.17) is 0 Å². The van der Waals surface area contributed by atoms with Crippen LogP contribution in [0.25, 0.3) is 10.9 Å². The highest BCUT2D eigenvalue weighted by molar-refractivity contribution is 5.93. The molecule has 3 aromatic rings. The SMILES string of the molecule is CCC(Nc1ccc(C)c2ncccc12)c1ccccc1. The molecule has 1 N–H and O–H groups in total. The second-order valence-corrected chi connectivity index (χ2v) is 5.35. The maximum atomic E-state index is 4.51. The van der Waals surface area contributed by atoms with Gasteiger partial charge in [0.25, 0.3) is 0 Å². The third-order valence-electron chi connectivity index (χ3n) is 3.91. The summed E-state index contributed by atoms with van der Waals surface area (Å²) in [6.07, 6.45) is 2.90. The molecule has 1 aromatic heterocycles. The summed E-state index contributed by atoms with van der Waals surface area (Å²) >= 11 is 0. The molecular weight excluding hydrogens is 256 g/mol. The summed E-state index contributed by atoms with van der Waals surface area (Å²) in [5.74, 6) is 0. The molecule has 0 saturated heterocycles. The third-order valence-corrected chi connectivity index (χ3v) is 3.91. The Morgan fingerprint density at radius 1 is 1.00 bits per heavy atom. The van der Waals surface area contributed by atoms with E-state index in [1.165, 1.54) is 16.5 Å². The number of benzene rings is 2. The Morgan fingerprint density at radius 3 is 2.57 bits per heavy atom. The summed E-state index contributed by atoms with van der Waals surface area (Å²) < 4.78 is 0. The minimum atomic E-state index is 0.317. The van der Waals surface area contributed by atoms with Crippen molar-refractivity contribution in [2.24, 2.45) is 0 Å². The molecular formula is C19H20N2. The first kappa shape index (κ1) is 13.6. The molecule has 0 fully saturated rings. The molecule has 0 bridgehead atoms. The van der Waals surface area contributed by atoms with Gasteiger partial charge in [-0.05, 0) is 42.7 Å². The highest BCUT2D eigenvalue weighted by atomic mass is 14.9. The monoisotopic (exact) mass is 276 g/mol. The second-order valence-electron chi connectivity index (χ2n) is 5.35. The molecule has 2 heteroatoms. The number of rotatable bonds is 4. The largest absolute Gasteiger partial charge is 0.378 e. The summed E-state index contributed by atoms with van der Waals surface area (Å²) in [6.45, 7) is 4.31. The number of aromatic nitrogens is 1.